The predicted octanol–water partition coefficient (Wildman–Crippen LogP) is 6.46. The molecule has 0 radical (unpaired) electrons. The van der Waals surface area contributed by atoms with E-state index in [1.807, 2.05) is 11.3 Å². The van der Waals surface area contributed by atoms with Gasteiger partial charge in [0, 0.05) is 44.0 Å². The van der Waals surface area contributed by atoms with Crippen LogP contribution in [0.5, 0.6) is 0 Å². The van der Waals surface area contributed by atoms with Crippen LogP contribution in [0.15, 0.2) is 60.7 Å². The van der Waals surface area contributed by atoms with Crippen molar-refractivity contribution in [3.05, 3.63) is 71.8 Å². The highest BCUT2D eigenvalue weighted by Crippen LogP contribution is 2.50. The maximum atomic E-state index is 2.43. The van der Waals surface area contributed by atoms with E-state index in [0.29, 0.717) is 0 Å². The fourth-order valence-corrected chi connectivity index (χ4v) is 5.23. The van der Waals surface area contributed by atoms with Gasteiger partial charge in [0.25, 0.3) is 0 Å². The summed E-state index contributed by atoms with van der Waals surface area (Å²) >= 11 is 1.89. The molecule has 0 fully saturated rings. The van der Waals surface area contributed by atoms with Crippen molar-refractivity contribution in [1.29, 1.82) is 0 Å². The second-order valence-corrected chi connectivity index (χ2v) is 8.25. The van der Waals surface area contributed by atoms with Crippen LogP contribution in [0, 0.1) is 0 Å². The van der Waals surface area contributed by atoms with Gasteiger partial charge in [-0.1, -0.05) is 50.2 Å². The van der Waals surface area contributed by atoms with Crippen LogP contribution in [0.2, 0.25) is 0 Å². The number of hydrogen-bond acceptors (Lipinski definition) is 2. The van der Waals surface area contributed by atoms with Crippen LogP contribution in [0.3, 0.4) is 0 Å². The molecule has 24 heavy (non-hydrogen) atoms. The Morgan fingerprint density at radius 2 is 1.50 bits per heavy atom. The van der Waals surface area contributed by atoms with Crippen molar-refractivity contribution in [3.63, 3.8) is 0 Å². The van der Waals surface area contributed by atoms with Gasteiger partial charge >= 0.3 is 0 Å². The fourth-order valence-electron chi connectivity index (χ4n) is 4.11. The summed E-state index contributed by atoms with van der Waals surface area (Å²) in [5.41, 5.74) is 5.47. The Morgan fingerprint density at radius 1 is 0.750 bits per heavy atom. The zero-order valence-corrected chi connectivity index (χ0v) is 14.9. The number of nitrogens with zero attached hydrogens (tertiary/aromatic N) is 1. The Bertz CT molecular complexity index is 1100. The van der Waals surface area contributed by atoms with Crippen molar-refractivity contribution in [3.8, 4) is 0 Å². The molecule has 0 saturated heterocycles. The quantitative estimate of drug-likeness (QED) is 0.358. The molecule has 1 nitrogen and oxygen atoms in total. The van der Waals surface area contributed by atoms with Crippen LogP contribution in [-0.4, -0.2) is 7.05 Å². The summed E-state index contributed by atoms with van der Waals surface area (Å²) < 4.78 is 2.74. The van der Waals surface area contributed by atoms with Crippen LogP contribution >= 0.6 is 11.3 Å². The van der Waals surface area contributed by atoms with E-state index in [4.69, 9.17) is 0 Å². The number of hydrogen-bond donors (Lipinski definition) is 0. The van der Waals surface area contributed by atoms with E-state index in [-0.39, 0.29) is 5.41 Å². The van der Waals surface area contributed by atoms with Crippen LogP contribution in [0.4, 0.5) is 11.4 Å². The summed E-state index contributed by atoms with van der Waals surface area (Å²) in [6.07, 6.45) is 0. The minimum Gasteiger partial charge on any atom is -0.344 e. The van der Waals surface area contributed by atoms with Gasteiger partial charge in [-0.05, 0) is 35.4 Å². The van der Waals surface area contributed by atoms with Gasteiger partial charge < -0.3 is 4.90 Å². The van der Waals surface area contributed by atoms with Crippen molar-refractivity contribution in [2.75, 3.05) is 11.9 Å². The summed E-state index contributed by atoms with van der Waals surface area (Å²) in [4.78, 5) is 2.35. The van der Waals surface area contributed by atoms with Crippen LogP contribution in [-0.2, 0) is 5.41 Å². The van der Waals surface area contributed by atoms with E-state index in [1.165, 1.54) is 42.7 Å². The van der Waals surface area contributed by atoms with Gasteiger partial charge in [-0.2, -0.15) is 0 Å². The second-order valence-electron chi connectivity index (χ2n) is 7.16. The molecule has 0 atom stereocenters. The standard InChI is InChI=1S/C22H19NS/c1-22(2)16-9-5-6-10-18(16)23(3)19-13-21-15(12-17(19)22)14-8-4-7-11-20(14)24-21/h4-13H,1-3H3. The number of para-hydroxylation sites is 1. The third kappa shape index (κ3) is 1.69. The summed E-state index contributed by atoms with van der Waals surface area (Å²) in [6, 6.07) is 22.3. The van der Waals surface area contributed by atoms with Crippen molar-refractivity contribution in [2.45, 2.75) is 19.3 Å². The molecule has 0 saturated carbocycles. The summed E-state index contributed by atoms with van der Waals surface area (Å²) in [5, 5.41) is 2.76. The predicted molar refractivity (Wildman–Crippen MR) is 106 cm³/mol. The molecular formula is C22H19NS. The lowest BCUT2D eigenvalue weighted by Gasteiger charge is -2.40. The van der Waals surface area contributed by atoms with Gasteiger partial charge in [0.2, 0.25) is 0 Å². The summed E-state index contributed by atoms with van der Waals surface area (Å²) in [5.74, 6) is 0. The van der Waals surface area contributed by atoms with Crippen LogP contribution in [0.25, 0.3) is 20.2 Å². The largest absolute Gasteiger partial charge is 0.344 e. The molecule has 0 unspecified atom stereocenters. The lowest BCUT2D eigenvalue weighted by molar-refractivity contribution is 0.630. The Balaban J connectivity index is 1.90. The highest BCUT2D eigenvalue weighted by Gasteiger charge is 2.35. The zero-order chi connectivity index (χ0) is 16.5. The molecule has 0 bridgehead atoms. The van der Waals surface area contributed by atoms with E-state index in [2.05, 4.69) is 86.5 Å². The van der Waals surface area contributed by atoms with Crippen molar-refractivity contribution >= 4 is 42.9 Å². The smallest absolute Gasteiger partial charge is 0.0464 e. The maximum Gasteiger partial charge on any atom is 0.0464 e. The molecule has 118 valence electrons. The minimum atomic E-state index is 0.00959. The molecule has 1 aliphatic heterocycles. The first kappa shape index (κ1) is 14.1. The van der Waals surface area contributed by atoms with Crippen molar-refractivity contribution in [1.82, 2.24) is 0 Å². The Kier molecular flexibility index (Phi) is 2.70. The summed E-state index contributed by atoms with van der Waals surface area (Å²) in [6.45, 7) is 4.69. The first-order valence-corrected chi connectivity index (χ1v) is 9.18. The molecule has 1 aliphatic rings. The number of fused-ring (bicyclic) bond motifs is 5. The Morgan fingerprint density at radius 3 is 2.38 bits per heavy atom. The molecule has 0 N–H and O–H groups in total. The number of anilines is 2. The molecule has 0 aliphatic carbocycles. The topological polar surface area (TPSA) is 3.24 Å². The van der Waals surface area contributed by atoms with Crippen molar-refractivity contribution < 1.29 is 0 Å². The zero-order valence-electron chi connectivity index (χ0n) is 14.1. The third-order valence-electron chi connectivity index (χ3n) is 5.47. The Hall–Kier alpha value is -2.32. The lowest BCUT2D eigenvalue weighted by Crippen LogP contribution is -2.30. The first-order chi connectivity index (χ1) is 11.6. The minimum absolute atomic E-state index is 0.00959. The van der Waals surface area contributed by atoms with Gasteiger partial charge in [-0.25, -0.2) is 0 Å². The number of thiophene rings is 1. The molecule has 0 spiro atoms. The molecule has 0 amide bonds. The number of benzene rings is 3. The Labute approximate surface area is 146 Å². The maximum absolute atomic E-state index is 2.43. The molecule has 3 aromatic carbocycles. The van der Waals surface area contributed by atoms with Gasteiger partial charge in [0.1, 0.15) is 0 Å². The molecule has 2 heteroatoms. The highest BCUT2D eigenvalue weighted by atomic mass is 32.1. The van der Waals surface area contributed by atoms with Gasteiger partial charge in [0.05, 0.1) is 0 Å². The van der Waals surface area contributed by atoms with E-state index in [0.717, 1.165) is 0 Å². The van der Waals surface area contributed by atoms with Gasteiger partial charge in [-0.15, -0.1) is 11.3 Å². The number of rotatable bonds is 0. The van der Waals surface area contributed by atoms with E-state index >= 15 is 0 Å². The normalized spacial score (nSPS) is 15.5. The van der Waals surface area contributed by atoms with E-state index in [1.54, 1.807) is 0 Å². The average molecular weight is 329 g/mol. The van der Waals surface area contributed by atoms with Crippen LogP contribution < -0.4 is 4.90 Å². The van der Waals surface area contributed by atoms with Gasteiger partial charge in [0.15, 0.2) is 0 Å². The SMILES string of the molecule is CN1c2ccccc2C(C)(C)c2cc3c(cc21)sc1ccccc13. The monoisotopic (exact) mass is 329 g/mol. The second kappa shape index (κ2) is 4.61. The van der Waals surface area contributed by atoms with Crippen molar-refractivity contribution in [2.24, 2.45) is 0 Å². The molecule has 2 heterocycles. The molecule has 4 aromatic rings. The fraction of sp³-hybridized carbons (Fsp3) is 0.182. The van der Waals surface area contributed by atoms with Crippen LogP contribution in [0.1, 0.15) is 25.0 Å². The highest BCUT2D eigenvalue weighted by molar-refractivity contribution is 7.25. The summed E-state index contributed by atoms with van der Waals surface area (Å²) in [7, 11) is 2.19. The average Bonchev–Trinajstić information content (AvgIpc) is 2.97. The van der Waals surface area contributed by atoms with E-state index in [9.17, 15) is 0 Å². The molecule has 1 aromatic heterocycles. The van der Waals surface area contributed by atoms with E-state index < -0.39 is 0 Å². The third-order valence-corrected chi connectivity index (χ3v) is 6.60. The molecular weight excluding hydrogens is 310 g/mol. The first-order valence-electron chi connectivity index (χ1n) is 8.36. The lowest BCUT2D eigenvalue weighted by atomic mass is 9.73. The molecule has 5 rings (SSSR count). The van der Waals surface area contributed by atoms with Gasteiger partial charge in [-0.3, -0.25) is 0 Å².